The van der Waals surface area contributed by atoms with Crippen molar-refractivity contribution in [3.8, 4) is 0 Å². The van der Waals surface area contributed by atoms with Crippen LogP contribution in [0.5, 0.6) is 0 Å². The van der Waals surface area contributed by atoms with E-state index in [0.717, 1.165) is 4.31 Å². The zero-order chi connectivity index (χ0) is 5.15. The van der Waals surface area contributed by atoms with Crippen molar-refractivity contribution >= 4 is 11.3 Å². The Balaban J connectivity index is -0.0000000417. The number of rotatable bonds is 1. The molecule has 0 radical (unpaired) electrons. The van der Waals surface area contributed by atoms with E-state index in [1.54, 1.807) is 0 Å². The fraction of sp³-hybridized carbons (Fsp3) is 1.00. The molecule has 0 aromatic carbocycles. The molecule has 1 atom stereocenters. The fourth-order valence-electron chi connectivity index (χ4n) is 0. The van der Waals surface area contributed by atoms with Crippen LogP contribution in [-0.2, 0) is 11.3 Å². The summed E-state index contributed by atoms with van der Waals surface area (Å²) in [6.07, 6.45) is 0. The summed E-state index contributed by atoms with van der Waals surface area (Å²) in [6.45, 7) is 0. The predicted octanol–water partition coefficient (Wildman–Crippen LogP) is -0.200. The molecule has 0 N–H and O–H groups in total. The van der Waals surface area contributed by atoms with E-state index < -0.39 is 11.3 Å². The Hall–Kier alpha value is -0.140. The molecule has 0 aliphatic heterocycles. The summed E-state index contributed by atoms with van der Waals surface area (Å²) >= 11 is -2.03. The number of nitrogens with zero attached hydrogens (tertiary/aromatic N) is 1. The van der Waals surface area contributed by atoms with Crippen LogP contribution in [0.15, 0.2) is 0 Å². The van der Waals surface area contributed by atoms with Crippen molar-refractivity contribution in [1.82, 2.24) is 4.31 Å². The molecule has 0 fully saturated rings. The first-order valence-corrected chi connectivity index (χ1v) is 2.44. The Morgan fingerprint density at radius 3 is 1.33 bits per heavy atom. The van der Waals surface area contributed by atoms with Gasteiger partial charge in [0, 0.05) is 11.3 Å². The zero-order valence-corrected chi connectivity index (χ0v) is 5.71. The molecule has 0 amide bonds. The molecule has 0 aliphatic carbocycles. The second-order valence-electron chi connectivity index (χ2n) is 1.03. The van der Waals surface area contributed by atoms with Crippen molar-refractivity contribution in [2.45, 2.75) is 0 Å². The molecule has 0 spiro atoms. The number of halogens is 3. The Kier molecular flexibility index (Phi) is 27.7. The predicted molar refractivity (Wildman–Crippen MR) is 30.1 cm³/mol. The highest BCUT2D eigenvalue weighted by Crippen LogP contribution is 1.73. The normalized spacial score (nSPS) is 10.2. The summed E-state index contributed by atoms with van der Waals surface area (Å²) in [6, 6.07) is 0. The van der Waals surface area contributed by atoms with E-state index in [9.17, 15) is 8.76 Å². The lowest BCUT2D eigenvalue weighted by atomic mass is 11.3. The van der Waals surface area contributed by atoms with Gasteiger partial charge in [-0.05, 0) is 14.1 Å². The molecular weight excluding hydrogens is 159 g/mol. The molecule has 1 unspecified atom stereocenters. The van der Waals surface area contributed by atoms with Crippen molar-refractivity contribution < 1.29 is 22.9 Å². The van der Waals surface area contributed by atoms with Gasteiger partial charge in [-0.15, -0.1) is 0 Å². The largest absolute Gasteiger partial charge is 0.760 e. The van der Waals surface area contributed by atoms with Gasteiger partial charge >= 0.3 is 0 Å². The first-order valence-electron chi connectivity index (χ1n) is 1.41. The van der Waals surface area contributed by atoms with Gasteiger partial charge in [-0.3, -0.25) is 18.3 Å². The van der Waals surface area contributed by atoms with Gasteiger partial charge in [0.15, 0.2) is 0 Å². The summed E-state index contributed by atoms with van der Waals surface area (Å²) in [5.74, 6) is 0. The van der Waals surface area contributed by atoms with Crippen LogP contribution in [0.1, 0.15) is 0 Å². The molecule has 7 heteroatoms. The van der Waals surface area contributed by atoms with Crippen molar-refractivity contribution in [2.75, 3.05) is 14.1 Å². The Labute approximate surface area is 53.6 Å². The third kappa shape index (κ3) is 18.1. The second kappa shape index (κ2) is 10.8. The van der Waals surface area contributed by atoms with E-state index in [1.807, 2.05) is 0 Å². The molecule has 62 valence electrons. The van der Waals surface area contributed by atoms with Crippen molar-refractivity contribution in [1.29, 1.82) is 0 Å². The van der Waals surface area contributed by atoms with E-state index in [4.69, 9.17) is 0 Å². The van der Waals surface area contributed by atoms with Gasteiger partial charge in [0.25, 0.3) is 0 Å². The Morgan fingerprint density at radius 1 is 1.22 bits per heavy atom. The highest BCUT2D eigenvalue weighted by atomic mass is 32.2. The lowest BCUT2D eigenvalue weighted by Crippen LogP contribution is -2.13. The fourth-order valence-corrected chi connectivity index (χ4v) is 0. The van der Waals surface area contributed by atoms with Gasteiger partial charge < -0.3 is 4.55 Å². The molecular formula is C2H9F3NO2S-. The number of hydrogen-bond acceptors (Lipinski definition) is 2. The Bertz CT molecular complexity index is 70.8. The molecule has 0 aromatic heterocycles. The molecule has 9 heavy (non-hydrogen) atoms. The lowest BCUT2D eigenvalue weighted by Gasteiger charge is -2.10. The summed E-state index contributed by atoms with van der Waals surface area (Å²) in [4.78, 5) is 0. The van der Waals surface area contributed by atoms with Gasteiger partial charge in [0.2, 0.25) is 0 Å². The quantitative estimate of drug-likeness (QED) is 0.509. The third-order valence-electron chi connectivity index (χ3n) is 0.298. The first-order chi connectivity index (χ1) is 2.64. The minimum Gasteiger partial charge on any atom is -0.760 e. The van der Waals surface area contributed by atoms with Crippen LogP contribution in [0.25, 0.3) is 0 Å². The smallest absolute Gasteiger partial charge is 0.0203 e. The van der Waals surface area contributed by atoms with Gasteiger partial charge in [0.05, 0.1) is 0 Å². The SMILES string of the molecule is CN(C)S(=O)[O-].F.F.F. The van der Waals surface area contributed by atoms with E-state index in [2.05, 4.69) is 0 Å². The third-order valence-corrected chi connectivity index (χ3v) is 0.894. The average Bonchev–Trinajstić information content (AvgIpc) is 1.36. The maximum Gasteiger partial charge on any atom is 0.0203 e. The maximum atomic E-state index is 9.62. The lowest BCUT2D eigenvalue weighted by molar-refractivity contribution is 0.470. The highest BCUT2D eigenvalue weighted by Gasteiger charge is 1.78. The van der Waals surface area contributed by atoms with Crippen LogP contribution >= 0.6 is 0 Å². The summed E-state index contributed by atoms with van der Waals surface area (Å²) in [5.41, 5.74) is 0. The average molecular weight is 168 g/mol. The van der Waals surface area contributed by atoms with Crippen LogP contribution in [-0.4, -0.2) is 27.2 Å². The van der Waals surface area contributed by atoms with Gasteiger partial charge in [-0.2, -0.15) is 0 Å². The summed E-state index contributed by atoms with van der Waals surface area (Å²) in [5, 5.41) is 0. The van der Waals surface area contributed by atoms with Gasteiger partial charge in [-0.1, -0.05) is 0 Å². The molecule has 0 heterocycles. The maximum absolute atomic E-state index is 9.62. The van der Waals surface area contributed by atoms with Crippen LogP contribution in [0, 0.1) is 0 Å². The van der Waals surface area contributed by atoms with E-state index in [0.29, 0.717) is 0 Å². The highest BCUT2D eigenvalue weighted by molar-refractivity contribution is 7.76. The molecule has 0 aliphatic rings. The molecule has 0 rings (SSSR count). The van der Waals surface area contributed by atoms with Crippen LogP contribution in [0.4, 0.5) is 14.1 Å². The Morgan fingerprint density at radius 2 is 1.33 bits per heavy atom. The van der Waals surface area contributed by atoms with E-state index in [1.165, 1.54) is 14.1 Å². The molecule has 0 saturated heterocycles. The van der Waals surface area contributed by atoms with Gasteiger partial charge in [0.1, 0.15) is 0 Å². The first kappa shape index (κ1) is 23.2. The standard InChI is InChI=1S/C2H7NO2S.3FH/c1-3(2)6(4)5;;;/h1-2H3,(H,4,5);3*1H/p-1. The van der Waals surface area contributed by atoms with Crippen molar-refractivity contribution in [2.24, 2.45) is 0 Å². The molecule has 0 aromatic rings. The minimum absolute atomic E-state index is 0. The minimum atomic E-state index is -2.03. The monoisotopic (exact) mass is 168 g/mol. The van der Waals surface area contributed by atoms with Crippen LogP contribution < -0.4 is 0 Å². The summed E-state index contributed by atoms with van der Waals surface area (Å²) in [7, 11) is 2.92. The van der Waals surface area contributed by atoms with Crippen molar-refractivity contribution in [3.05, 3.63) is 0 Å². The topological polar surface area (TPSA) is 43.4 Å². The molecule has 0 bridgehead atoms. The number of hydrogen-bond donors (Lipinski definition) is 0. The zero-order valence-electron chi connectivity index (χ0n) is 4.90. The molecule has 0 saturated carbocycles. The van der Waals surface area contributed by atoms with Crippen LogP contribution in [0.3, 0.4) is 0 Å². The van der Waals surface area contributed by atoms with E-state index >= 15 is 0 Å². The van der Waals surface area contributed by atoms with Crippen molar-refractivity contribution in [3.63, 3.8) is 0 Å². The molecule has 3 nitrogen and oxygen atoms in total. The van der Waals surface area contributed by atoms with E-state index in [-0.39, 0.29) is 14.1 Å². The second-order valence-corrected chi connectivity index (χ2v) is 2.19. The van der Waals surface area contributed by atoms with Gasteiger partial charge in [-0.25, -0.2) is 4.31 Å². The van der Waals surface area contributed by atoms with Crippen LogP contribution in [0.2, 0.25) is 0 Å². The summed E-state index contributed by atoms with van der Waals surface area (Å²) < 4.78 is 20.3.